The molecule has 9 rings (SSSR count). The summed E-state index contributed by atoms with van der Waals surface area (Å²) in [5, 5.41) is 7.69. The Balaban J connectivity index is 0.000000191. The minimum atomic E-state index is -0.0874. The Labute approximate surface area is 319 Å². The molecule has 0 radical (unpaired) electrons. The zero-order valence-electron chi connectivity index (χ0n) is 31.4. The Hall–Kier alpha value is -6.29. The summed E-state index contributed by atoms with van der Waals surface area (Å²) >= 11 is 0. The third-order valence-electron chi connectivity index (χ3n) is 10.2. The van der Waals surface area contributed by atoms with Gasteiger partial charge in [0.2, 0.25) is 0 Å². The number of hydrogen-bond acceptors (Lipinski definition) is 2. The lowest BCUT2D eigenvalue weighted by Crippen LogP contribution is -2.21. The molecule has 1 aliphatic carbocycles. The van der Waals surface area contributed by atoms with Gasteiger partial charge in [0.1, 0.15) is 0 Å². The monoisotopic (exact) mass is 701 g/mol. The van der Waals surface area contributed by atoms with Gasteiger partial charge in [0.25, 0.3) is 0 Å². The molecule has 0 amide bonds. The van der Waals surface area contributed by atoms with E-state index in [0.717, 1.165) is 24.1 Å². The van der Waals surface area contributed by atoms with Crippen molar-refractivity contribution in [1.82, 2.24) is 4.57 Å². The lowest BCUT2D eigenvalue weighted by molar-refractivity contribution is 0.834. The summed E-state index contributed by atoms with van der Waals surface area (Å²) < 4.78 is 2.46. The average Bonchev–Trinajstić information content (AvgIpc) is 3.56. The van der Waals surface area contributed by atoms with Crippen molar-refractivity contribution in [3.05, 3.63) is 193 Å². The van der Waals surface area contributed by atoms with Crippen LogP contribution in [0, 0.1) is 6.92 Å². The molecule has 2 N–H and O–H groups in total. The molecule has 7 aromatic carbocycles. The SMILES string of the molecule is C=N/C(=C\C(N)C1=CC=CCC1)c1ccccc1.CC.Cc1ccc(-n2c3cc(-c4ccccc4)ccc3c3cc4ccccc4cc32)c2ccccc12. The predicted octanol–water partition coefficient (Wildman–Crippen LogP) is 13.4. The normalized spacial score (nSPS) is 13.2. The van der Waals surface area contributed by atoms with E-state index in [1.807, 2.05) is 50.3 Å². The van der Waals surface area contributed by atoms with Crippen LogP contribution in [0.4, 0.5) is 0 Å². The summed E-state index contributed by atoms with van der Waals surface area (Å²) in [6.45, 7) is 9.82. The van der Waals surface area contributed by atoms with Gasteiger partial charge in [0.15, 0.2) is 0 Å². The zero-order valence-corrected chi connectivity index (χ0v) is 31.4. The molecule has 1 aliphatic rings. The van der Waals surface area contributed by atoms with Crippen LogP contribution in [0.25, 0.3) is 65.9 Å². The Morgan fingerprint density at radius 2 is 1.31 bits per heavy atom. The highest BCUT2D eigenvalue weighted by molar-refractivity contribution is 6.15. The molecule has 0 saturated carbocycles. The van der Waals surface area contributed by atoms with Crippen LogP contribution in [-0.4, -0.2) is 17.3 Å². The first kappa shape index (κ1) is 36.1. The number of nitrogens with two attached hydrogens (primary N) is 1. The molecule has 0 fully saturated rings. The van der Waals surface area contributed by atoms with Gasteiger partial charge in [-0.25, -0.2) is 0 Å². The highest BCUT2D eigenvalue weighted by Crippen LogP contribution is 2.39. The summed E-state index contributed by atoms with van der Waals surface area (Å²) in [6.07, 6.45) is 10.4. The van der Waals surface area contributed by atoms with E-state index in [1.54, 1.807) is 0 Å². The van der Waals surface area contributed by atoms with Crippen LogP contribution in [0.15, 0.2) is 187 Å². The summed E-state index contributed by atoms with van der Waals surface area (Å²) in [7, 11) is 0. The topological polar surface area (TPSA) is 43.3 Å². The van der Waals surface area contributed by atoms with Crippen molar-refractivity contribution in [3.63, 3.8) is 0 Å². The molecule has 3 heteroatoms. The van der Waals surface area contributed by atoms with E-state index in [0.29, 0.717) is 0 Å². The number of nitrogens with zero attached hydrogens (tertiary/aromatic N) is 2. The molecule has 0 saturated heterocycles. The number of hydrogen-bond donors (Lipinski definition) is 1. The van der Waals surface area contributed by atoms with Crippen molar-refractivity contribution in [2.75, 3.05) is 0 Å². The van der Waals surface area contributed by atoms with Gasteiger partial charge in [-0.1, -0.05) is 159 Å². The minimum absolute atomic E-state index is 0.0874. The molecule has 54 heavy (non-hydrogen) atoms. The van der Waals surface area contributed by atoms with Crippen LogP contribution in [0.5, 0.6) is 0 Å². The standard InChI is InChI=1S/C33H23N.C16H18N2.C2H6/c1-22-15-18-31(28-14-8-7-13-27(22)28)34-32-21-26(23-9-3-2-4-10-23)16-17-29(32)30-19-24-11-5-6-12-25(24)20-33(30)34;1-18-16(14-10-6-3-7-11-14)12-15(17)13-8-4-2-5-9-13;1-2/h2-21H,1H3;2-4,6-8,10-12,15H,1,5,9,17H2;1-2H3/b;16-12-;. The first-order valence-electron chi connectivity index (χ1n) is 19.0. The number of allylic oxidation sites excluding steroid dienone is 3. The van der Waals surface area contributed by atoms with E-state index in [4.69, 9.17) is 5.73 Å². The van der Waals surface area contributed by atoms with Crippen molar-refractivity contribution in [2.45, 2.75) is 39.7 Å². The summed E-state index contributed by atoms with van der Waals surface area (Å²) in [6, 6.07) is 54.1. The lowest BCUT2D eigenvalue weighted by atomic mass is 9.97. The smallest absolute Gasteiger partial charge is 0.0673 e. The van der Waals surface area contributed by atoms with Crippen LogP contribution in [0.1, 0.15) is 37.8 Å². The average molecular weight is 702 g/mol. The maximum atomic E-state index is 6.20. The van der Waals surface area contributed by atoms with Crippen molar-refractivity contribution >= 4 is 55.8 Å². The van der Waals surface area contributed by atoms with Gasteiger partial charge in [0.05, 0.1) is 22.4 Å². The second-order valence-electron chi connectivity index (χ2n) is 13.4. The predicted molar refractivity (Wildman–Crippen MR) is 236 cm³/mol. The first-order chi connectivity index (χ1) is 26.6. The van der Waals surface area contributed by atoms with E-state index in [9.17, 15) is 0 Å². The van der Waals surface area contributed by atoms with E-state index >= 15 is 0 Å². The van der Waals surface area contributed by atoms with E-state index in [2.05, 4.69) is 163 Å². The summed E-state index contributed by atoms with van der Waals surface area (Å²) in [5.74, 6) is 0. The third-order valence-corrected chi connectivity index (χ3v) is 10.2. The third kappa shape index (κ3) is 7.32. The second kappa shape index (κ2) is 16.6. The fourth-order valence-corrected chi connectivity index (χ4v) is 7.43. The molecule has 266 valence electrons. The Kier molecular flexibility index (Phi) is 11.1. The largest absolute Gasteiger partial charge is 0.321 e. The van der Waals surface area contributed by atoms with Gasteiger partial charge in [-0.15, -0.1) is 0 Å². The van der Waals surface area contributed by atoms with Gasteiger partial charge in [-0.2, -0.15) is 0 Å². The van der Waals surface area contributed by atoms with Crippen molar-refractivity contribution in [3.8, 4) is 16.8 Å². The molecule has 1 atom stereocenters. The van der Waals surface area contributed by atoms with Crippen molar-refractivity contribution in [2.24, 2.45) is 10.7 Å². The Bertz CT molecular complexity index is 2660. The number of aromatic nitrogens is 1. The maximum absolute atomic E-state index is 6.20. The van der Waals surface area contributed by atoms with Crippen LogP contribution >= 0.6 is 0 Å². The lowest BCUT2D eigenvalue weighted by Gasteiger charge is -2.15. The fraction of sp³-hybridized carbons (Fsp3) is 0.118. The molecule has 8 aromatic rings. The van der Waals surface area contributed by atoms with E-state index < -0.39 is 0 Å². The summed E-state index contributed by atoms with van der Waals surface area (Å²) in [5.41, 5.74) is 16.8. The molecule has 1 aromatic heterocycles. The minimum Gasteiger partial charge on any atom is -0.321 e. The van der Waals surface area contributed by atoms with Crippen molar-refractivity contribution < 1.29 is 0 Å². The molecule has 1 heterocycles. The van der Waals surface area contributed by atoms with Gasteiger partial charge in [-0.3, -0.25) is 4.99 Å². The number of rotatable bonds is 6. The van der Waals surface area contributed by atoms with Crippen LogP contribution in [0.3, 0.4) is 0 Å². The zero-order chi connectivity index (χ0) is 37.4. The number of aryl methyl sites for hydroxylation is 1. The molecule has 0 aliphatic heterocycles. The molecular weight excluding hydrogens is 655 g/mol. The molecule has 0 spiro atoms. The number of fused-ring (bicyclic) bond motifs is 5. The Morgan fingerprint density at radius 3 is 2.02 bits per heavy atom. The molecule has 3 nitrogen and oxygen atoms in total. The maximum Gasteiger partial charge on any atom is 0.0673 e. The molecule has 0 bridgehead atoms. The second-order valence-corrected chi connectivity index (χ2v) is 13.4. The number of benzene rings is 7. The van der Waals surface area contributed by atoms with Crippen LogP contribution in [-0.2, 0) is 0 Å². The van der Waals surface area contributed by atoms with Crippen molar-refractivity contribution in [1.29, 1.82) is 0 Å². The quantitative estimate of drug-likeness (QED) is 0.172. The van der Waals surface area contributed by atoms with Gasteiger partial charge < -0.3 is 10.3 Å². The molecule has 1 unspecified atom stereocenters. The highest BCUT2D eigenvalue weighted by Gasteiger charge is 2.17. The fourth-order valence-electron chi connectivity index (χ4n) is 7.43. The molecular formula is C51H47N3. The van der Waals surface area contributed by atoms with Gasteiger partial charge >= 0.3 is 0 Å². The number of aliphatic imine (C=N–C) groups is 1. The van der Waals surface area contributed by atoms with E-state index in [-0.39, 0.29) is 6.04 Å². The van der Waals surface area contributed by atoms with Gasteiger partial charge in [0, 0.05) is 22.2 Å². The Morgan fingerprint density at radius 1 is 0.667 bits per heavy atom. The van der Waals surface area contributed by atoms with Gasteiger partial charge in [-0.05, 0) is 101 Å². The van der Waals surface area contributed by atoms with Crippen LogP contribution in [0.2, 0.25) is 0 Å². The highest BCUT2D eigenvalue weighted by atomic mass is 15.0. The van der Waals surface area contributed by atoms with Crippen LogP contribution < -0.4 is 5.73 Å². The van der Waals surface area contributed by atoms with E-state index in [1.165, 1.54) is 71.3 Å². The summed E-state index contributed by atoms with van der Waals surface area (Å²) in [4.78, 5) is 4.08. The first-order valence-corrected chi connectivity index (χ1v) is 19.0.